The third-order valence-corrected chi connectivity index (χ3v) is 2.84. The molecule has 1 heterocycles. The maximum absolute atomic E-state index is 10.5. The summed E-state index contributed by atoms with van der Waals surface area (Å²) in [5.41, 5.74) is -0.400. The Morgan fingerprint density at radius 2 is 2.29 bits per heavy atom. The lowest BCUT2D eigenvalue weighted by molar-refractivity contribution is -0.385. The molecule has 7 heteroatoms. The molecule has 0 amide bonds. The number of nitrogens with one attached hydrogen (secondary N) is 1. The molecule has 0 atom stereocenters. The minimum absolute atomic E-state index is 0.0601. The summed E-state index contributed by atoms with van der Waals surface area (Å²) in [4.78, 5) is 14.0. The van der Waals surface area contributed by atoms with Crippen molar-refractivity contribution in [2.45, 2.75) is 25.8 Å². The average Bonchev–Trinajstić information content (AvgIpc) is 2.20. The molecule has 17 heavy (non-hydrogen) atoms. The van der Waals surface area contributed by atoms with E-state index in [4.69, 9.17) is 5.11 Å². The van der Waals surface area contributed by atoms with Gasteiger partial charge in [0.05, 0.1) is 9.40 Å². The molecule has 0 aliphatic rings. The fourth-order valence-corrected chi connectivity index (χ4v) is 1.72. The SMILES string of the molecule is CC(C)(CCO)Nc1ncc([N+](=O)[O-])cc1Br. The summed E-state index contributed by atoms with van der Waals surface area (Å²) in [6.45, 7) is 3.89. The highest BCUT2D eigenvalue weighted by Crippen LogP contribution is 2.27. The molecule has 0 spiro atoms. The van der Waals surface area contributed by atoms with Gasteiger partial charge in [0, 0.05) is 18.2 Å². The second kappa shape index (κ2) is 5.42. The van der Waals surface area contributed by atoms with E-state index in [2.05, 4.69) is 26.2 Å². The molecular weight excluding hydrogens is 290 g/mol. The lowest BCUT2D eigenvalue weighted by Gasteiger charge is -2.26. The number of pyridine rings is 1. The highest BCUT2D eigenvalue weighted by molar-refractivity contribution is 9.10. The highest BCUT2D eigenvalue weighted by Gasteiger charge is 2.19. The molecule has 0 bridgehead atoms. The Morgan fingerprint density at radius 1 is 1.65 bits per heavy atom. The van der Waals surface area contributed by atoms with E-state index in [1.807, 2.05) is 13.8 Å². The van der Waals surface area contributed by atoms with Crippen LogP contribution in [-0.2, 0) is 0 Å². The molecule has 1 aromatic heterocycles. The number of aromatic nitrogens is 1. The number of anilines is 1. The number of hydrogen-bond acceptors (Lipinski definition) is 5. The summed E-state index contributed by atoms with van der Waals surface area (Å²) in [6.07, 6.45) is 1.75. The molecule has 0 aliphatic heterocycles. The maximum atomic E-state index is 10.5. The molecule has 0 radical (unpaired) electrons. The van der Waals surface area contributed by atoms with Crippen molar-refractivity contribution >= 4 is 27.4 Å². The van der Waals surface area contributed by atoms with Crippen LogP contribution in [0.15, 0.2) is 16.7 Å². The molecule has 0 unspecified atom stereocenters. The van der Waals surface area contributed by atoms with Crippen LogP contribution < -0.4 is 5.32 Å². The van der Waals surface area contributed by atoms with Gasteiger partial charge in [-0.25, -0.2) is 4.98 Å². The van der Waals surface area contributed by atoms with Crippen LogP contribution >= 0.6 is 15.9 Å². The van der Waals surface area contributed by atoms with E-state index >= 15 is 0 Å². The van der Waals surface area contributed by atoms with Gasteiger partial charge in [-0.2, -0.15) is 0 Å². The average molecular weight is 304 g/mol. The fraction of sp³-hybridized carbons (Fsp3) is 0.500. The number of hydrogen-bond donors (Lipinski definition) is 2. The van der Waals surface area contributed by atoms with Crippen LogP contribution in [0.2, 0.25) is 0 Å². The lowest BCUT2D eigenvalue weighted by atomic mass is 10.0. The standard InChI is InChI=1S/C10H14BrN3O3/c1-10(2,3-4-15)13-9-8(11)5-7(6-12-9)14(16)17/h5-6,15H,3-4H2,1-2H3,(H,12,13). The quantitative estimate of drug-likeness (QED) is 0.644. The Labute approximate surface area is 107 Å². The molecule has 0 fully saturated rings. The van der Waals surface area contributed by atoms with E-state index in [0.717, 1.165) is 0 Å². The summed E-state index contributed by atoms with van der Waals surface area (Å²) >= 11 is 3.23. The number of halogens is 1. The predicted molar refractivity (Wildman–Crippen MR) is 68.0 cm³/mol. The summed E-state index contributed by atoms with van der Waals surface area (Å²) in [6, 6.07) is 1.39. The number of aliphatic hydroxyl groups is 1. The smallest absolute Gasteiger partial charge is 0.288 e. The van der Waals surface area contributed by atoms with Gasteiger partial charge >= 0.3 is 0 Å². The summed E-state index contributed by atoms with van der Waals surface area (Å²) in [5.74, 6) is 0.522. The lowest BCUT2D eigenvalue weighted by Crippen LogP contribution is -2.32. The summed E-state index contributed by atoms with van der Waals surface area (Å²) < 4.78 is 0.526. The third kappa shape index (κ3) is 3.94. The van der Waals surface area contributed by atoms with Crippen molar-refractivity contribution in [3.05, 3.63) is 26.9 Å². The third-order valence-electron chi connectivity index (χ3n) is 2.23. The van der Waals surface area contributed by atoms with Crippen LogP contribution in [0.3, 0.4) is 0 Å². The zero-order valence-corrected chi connectivity index (χ0v) is 11.2. The predicted octanol–water partition coefficient (Wildman–Crippen LogP) is 2.33. The molecule has 0 saturated heterocycles. The van der Waals surface area contributed by atoms with E-state index in [1.54, 1.807) is 0 Å². The van der Waals surface area contributed by atoms with Crippen LogP contribution in [0.4, 0.5) is 11.5 Å². The van der Waals surface area contributed by atoms with Crippen molar-refractivity contribution < 1.29 is 10.0 Å². The zero-order chi connectivity index (χ0) is 13.1. The van der Waals surface area contributed by atoms with Gasteiger partial charge in [0.25, 0.3) is 5.69 Å². The minimum atomic E-state index is -0.500. The molecule has 0 saturated carbocycles. The van der Waals surface area contributed by atoms with Gasteiger partial charge in [-0.05, 0) is 36.2 Å². The number of aliphatic hydroxyl groups excluding tert-OH is 1. The first-order chi connectivity index (χ1) is 7.85. The Bertz CT molecular complexity index is 423. The van der Waals surface area contributed by atoms with E-state index in [1.165, 1.54) is 12.3 Å². The molecule has 6 nitrogen and oxygen atoms in total. The van der Waals surface area contributed by atoms with Gasteiger partial charge in [0.15, 0.2) is 0 Å². The normalized spacial score (nSPS) is 11.3. The van der Waals surface area contributed by atoms with Gasteiger partial charge in [-0.3, -0.25) is 10.1 Å². The largest absolute Gasteiger partial charge is 0.396 e. The van der Waals surface area contributed by atoms with Crippen molar-refractivity contribution in [2.24, 2.45) is 0 Å². The van der Waals surface area contributed by atoms with Crippen molar-refractivity contribution in [3.8, 4) is 0 Å². The van der Waals surface area contributed by atoms with Crippen LogP contribution in [-0.4, -0.2) is 27.2 Å². The monoisotopic (exact) mass is 303 g/mol. The van der Waals surface area contributed by atoms with Crippen molar-refractivity contribution in [1.82, 2.24) is 4.98 Å². The van der Waals surface area contributed by atoms with E-state index < -0.39 is 4.92 Å². The first-order valence-electron chi connectivity index (χ1n) is 5.05. The Hall–Kier alpha value is -1.21. The van der Waals surface area contributed by atoms with Crippen molar-refractivity contribution in [1.29, 1.82) is 0 Å². The molecule has 1 aromatic rings. The van der Waals surface area contributed by atoms with Gasteiger partial charge in [0.2, 0.25) is 0 Å². The van der Waals surface area contributed by atoms with E-state index in [0.29, 0.717) is 16.7 Å². The van der Waals surface area contributed by atoms with Crippen LogP contribution in [0.5, 0.6) is 0 Å². The van der Waals surface area contributed by atoms with E-state index in [9.17, 15) is 10.1 Å². The number of rotatable bonds is 5. The van der Waals surface area contributed by atoms with Crippen molar-refractivity contribution in [2.75, 3.05) is 11.9 Å². The Kier molecular flexibility index (Phi) is 4.41. The first-order valence-corrected chi connectivity index (χ1v) is 5.84. The second-order valence-electron chi connectivity index (χ2n) is 4.26. The number of nitro groups is 1. The summed E-state index contributed by atoms with van der Waals surface area (Å²) in [5, 5.41) is 22.6. The maximum Gasteiger partial charge on any atom is 0.288 e. The highest BCUT2D eigenvalue weighted by atomic mass is 79.9. The zero-order valence-electron chi connectivity index (χ0n) is 9.61. The van der Waals surface area contributed by atoms with Crippen LogP contribution in [0.25, 0.3) is 0 Å². The first kappa shape index (κ1) is 13.9. The topological polar surface area (TPSA) is 88.3 Å². The fourth-order valence-electron chi connectivity index (χ4n) is 1.28. The molecule has 1 rings (SSSR count). The van der Waals surface area contributed by atoms with Gasteiger partial charge in [-0.15, -0.1) is 0 Å². The molecule has 2 N–H and O–H groups in total. The van der Waals surface area contributed by atoms with Crippen LogP contribution in [0.1, 0.15) is 20.3 Å². The number of nitrogens with zero attached hydrogens (tertiary/aromatic N) is 2. The van der Waals surface area contributed by atoms with E-state index in [-0.39, 0.29) is 17.8 Å². The van der Waals surface area contributed by atoms with Crippen LogP contribution in [0, 0.1) is 10.1 Å². The van der Waals surface area contributed by atoms with Gasteiger partial charge < -0.3 is 10.4 Å². The second-order valence-corrected chi connectivity index (χ2v) is 5.12. The Morgan fingerprint density at radius 3 is 2.76 bits per heavy atom. The molecular formula is C10H14BrN3O3. The Balaban J connectivity index is 2.90. The molecule has 0 aliphatic carbocycles. The molecule has 94 valence electrons. The van der Waals surface area contributed by atoms with Crippen molar-refractivity contribution in [3.63, 3.8) is 0 Å². The van der Waals surface area contributed by atoms with Gasteiger partial charge in [-0.1, -0.05) is 0 Å². The van der Waals surface area contributed by atoms with Gasteiger partial charge in [0.1, 0.15) is 12.0 Å². The molecule has 0 aromatic carbocycles. The summed E-state index contributed by atoms with van der Waals surface area (Å²) in [7, 11) is 0. The minimum Gasteiger partial charge on any atom is -0.396 e.